The van der Waals surface area contributed by atoms with Crippen molar-refractivity contribution in [2.75, 3.05) is 0 Å². The molecule has 2 heterocycles. The van der Waals surface area contributed by atoms with E-state index in [0.717, 1.165) is 18.4 Å². The summed E-state index contributed by atoms with van der Waals surface area (Å²) in [7, 11) is 0. The van der Waals surface area contributed by atoms with Gasteiger partial charge in [-0.1, -0.05) is 0 Å². The number of aryl methyl sites for hydroxylation is 1. The molecule has 1 saturated carbocycles. The molecule has 0 bridgehead atoms. The topological polar surface area (TPSA) is 51.8 Å². The Bertz CT molecular complexity index is 948. The van der Waals surface area contributed by atoms with Gasteiger partial charge in [-0.15, -0.1) is 10.2 Å². The van der Waals surface area contributed by atoms with Crippen molar-refractivity contribution in [1.82, 2.24) is 15.2 Å². The number of aromatic nitrogens is 3. The van der Waals surface area contributed by atoms with E-state index in [9.17, 15) is 13.2 Å². The Balaban J connectivity index is 2.00. The summed E-state index contributed by atoms with van der Waals surface area (Å²) >= 11 is 3.03. The first-order chi connectivity index (χ1) is 11.3. The number of benzene rings is 1. The van der Waals surface area contributed by atoms with Gasteiger partial charge in [0, 0.05) is 21.3 Å². The van der Waals surface area contributed by atoms with Crippen LogP contribution in [-0.2, 0) is 6.18 Å². The maximum Gasteiger partial charge on any atom is 0.418 e. The molecule has 0 amide bonds. The van der Waals surface area contributed by atoms with Gasteiger partial charge >= 0.3 is 6.18 Å². The second-order valence-electron chi connectivity index (χ2n) is 5.92. The zero-order valence-corrected chi connectivity index (χ0v) is 14.1. The minimum absolute atomic E-state index is 0.0752. The van der Waals surface area contributed by atoms with Gasteiger partial charge in [0.05, 0.1) is 11.1 Å². The quantitative estimate of drug-likeness (QED) is 0.592. The highest BCUT2D eigenvalue weighted by Gasteiger charge is 2.36. The van der Waals surface area contributed by atoms with Gasteiger partial charge < -0.3 is 4.42 Å². The number of nitrogens with zero attached hydrogens (tertiary/aromatic N) is 3. The molecule has 1 fully saturated rings. The molecular formula is C16H11BrF3N3O. The van der Waals surface area contributed by atoms with E-state index in [0.29, 0.717) is 10.9 Å². The molecular weight excluding hydrogens is 387 g/mol. The summed E-state index contributed by atoms with van der Waals surface area (Å²) in [5, 5.41) is 7.94. The average molecular weight is 398 g/mol. The molecule has 0 atom stereocenters. The fourth-order valence-electron chi connectivity index (χ4n) is 2.80. The molecule has 0 saturated heterocycles. The van der Waals surface area contributed by atoms with E-state index in [1.165, 1.54) is 6.07 Å². The van der Waals surface area contributed by atoms with Crippen LogP contribution in [0, 0.1) is 6.92 Å². The van der Waals surface area contributed by atoms with Gasteiger partial charge in [0.1, 0.15) is 5.69 Å². The lowest BCUT2D eigenvalue weighted by molar-refractivity contribution is -0.136. The van der Waals surface area contributed by atoms with E-state index in [4.69, 9.17) is 4.42 Å². The molecule has 1 aliphatic carbocycles. The molecule has 1 aromatic carbocycles. The number of pyridine rings is 1. The van der Waals surface area contributed by atoms with Crippen LogP contribution in [0.2, 0.25) is 0 Å². The van der Waals surface area contributed by atoms with Gasteiger partial charge in [0.15, 0.2) is 0 Å². The maximum absolute atomic E-state index is 13.6. The number of rotatable bonds is 2. The predicted octanol–water partition coefficient (Wildman–Crippen LogP) is 5.25. The van der Waals surface area contributed by atoms with Crippen molar-refractivity contribution in [3.8, 4) is 11.6 Å². The summed E-state index contributed by atoms with van der Waals surface area (Å²) in [5.74, 6) is 0.299. The summed E-state index contributed by atoms with van der Waals surface area (Å²) in [4.78, 5) is 4.32. The van der Waals surface area contributed by atoms with Gasteiger partial charge in [-0.2, -0.15) is 13.2 Å². The Labute approximate surface area is 143 Å². The smallest absolute Gasteiger partial charge is 0.409 e. The fourth-order valence-corrected chi connectivity index (χ4v) is 3.03. The predicted molar refractivity (Wildman–Crippen MR) is 84.4 cm³/mol. The van der Waals surface area contributed by atoms with Crippen molar-refractivity contribution in [2.45, 2.75) is 31.9 Å². The van der Waals surface area contributed by atoms with Gasteiger partial charge in [0.2, 0.25) is 0 Å². The molecule has 0 radical (unpaired) electrons. The number of halogens is 4. The van der Waals surface area contributed by atoms with Gasteiger partial charge in [-0.05, 0) is 55.0 Å². The number of alkyl halides is 3. The van der Waals surface area contributed by atoms with Crippen LogP contribution >= 0.6 is 15.9 Å². The van der Waals surface area contributed by atoms with Crippen LogP contribution in [0.15, 0.2) is 27.4 Å². The highest BCUT2D eigenvalue weighted by molar-refractivity contribution is 9.10. The molecule has 2 aromatic heterocycles. The van der Waals surface area contributed by atoms with Crippen molar-refractivity contribution in [3.05, 3.63) is 39.7 Å². The van der Waals surface area contributed by atoms with E-state index >= 15 is 0 Å². The Hall–Kier alpha value is -1.96. The second-order valence-corrected chi connectivity index (χ2v) is 6.60. The molecule has 24 heavy (non-hydrogen) atoms. The van der Waals surface area contributed by atoms with Gasteiger partial charge in [-0.3, -0.25) is 0 Å². The highest BCUT2D eigenvalue weighted by Crippen LogP contribution is 2.44. The zero-order chi connectivity index (χ0) is 17.1. The summed E-state index contributed by atoms with van der Waals surface area (Å²) in [5.41, 5.74) is 0.842. The second kappa shape index (κ2) is 5.27. The molecule has 0 spiro atoms. The lowest BCUT2D eigenvalue weighted by Gasteiger charge is -2.14. The van der Waals surface area contributed by atoms with Crippen LogP contribution in [0.1, 0.15) is 35.4 Å². The van der Waals surface area contributed by atoms with E-state index in [2.05, 4.69) is 31.1 Å². The first-order valence-corrected chi connectivity index (χ1v) is 8.14. The Morgan fingerprint density at radius 1 is 1.17 bits per heavy atom. The van der Waals surface area contributed by atoms with Gasteiger partial charge in [0.25, 0.3) is 10.7 Å². The molecule has 0 aliphatic heterocycles. The number of hydrogen-bond acceptors (Lipinski definition) is 4. The standard InChI is InChI=1S/C16H11BrF3N3O/c1-7-4-12(14-22-23-15(17)24-14)21-13-10(7)5-9(8-2-3-8)6-11(13)16(18,19)20/h4-6,8H,2-3H2,1H3. The third kappa shape index (κ3) is 2.68. The van der Waals surface area contributed by atoms with Crippen LogP contribution in [0.3, 0.4) is 0 Å². The Morgan fingerprint density at radius 3 is 2.50 bits per heavy atom. The third-order valence-electron chi connectivity index (χ3n) is 4.12. The normalized spacial score (nSPS) is 15.2. The minimum Gasteiger partial charge on any atom is -0.409 e. The van der Waals surface area contributed by atoms with Crippen LogP contribution in [-0.4, -0.2) is 15.2 Å². The Kier molecular flexibility index (Phi) is 3.42. The van der Waals surface area contributed by atoms with E-state index in [-0.39, 0.29) is 27.8 Å². The molecule has 124 valence electrons. The fraction of sp³-hybridized carbons (Fsp3) is 0.312. The van der Waals surface area contributed by atoms with Crippen molar-refractivity contribution < 1.29 is 17.6 Å². The van der Waals surface area contributed by atoms with Crippen molar-refractivity contribution >= 4 is 26.8 Å². The maximum atomic E-state index is 13.6. The highest BCUT2D eigenvalue weighted by atomic mass is 79.9. The monoisotopic (exact) mass is 397 g/mol. The summed E-state index contributed by atoms with van der Waals surface area (Å²) in [6, 6.07) is 4.71. The average Bonchev–Trinajstić information content (AvgIpc) is 3.27. The number of fused-ring (bicyclic) bond motifs is 1. The molecule has 8 heteroatoms. The van der Waals surface area contributed by atoms with E-state index in [1.807, 2.05) is 6.07 Å². The van der Waals surface area contributed by atoms with Gasteiger partial charge in [-0.25, -0.2) is 4.98 Å². The van der Waals surface area contributed by atoms with Crippen molar-refractivity contribution in [1.29, 1.82) is 0 Å². The van der Waals surface area contributed by atoms with E-state index in [1.54, 1.807) is 13.0 Å². The minimum atomic E-state index is -4.48. The van der Waals surface area contributed by atoms with Crippen molar-refractivity contribution in [2.24, 2.45) is 0 Å². The van der Waals surface area contributed by atoms with Crippen LogP contribution < -0.4 is 0 Å². The summed E-state index contributed by atoms with van der Waals surface area (Å²) in [6.45, 7) is 1.76. The lowest BCUT2D eigenvalue weighted by atomic mass is 9.98. The first-order valence-electron chi connectivity index (χ1n) is 7.35. The molecule has 0 unspecified atom stereocenters. The molecule has 1 aliphatic rings. The van der Waals surface area contributed by atoms with Crippen LogP contribution in [0.25, 0.3) is 22.5 Å². The summed E-state index contributed by atoms with van der Waals surface area (Å²) in [6.07, 6.45) is -2.61. The number of hydrogen-bond donors (Lipinski definition) is 0. The molecule has 0 N–H and O–H groups in total. The summed E-state index contributed by atoms with van der Waals surface area (Å²) < 4.78 is 45.9. The SMILES string of the molecule is Cc1cc(-c2nnc(Br)o2)nc2c(C(F)(F)F)cc(C3CC3)cc12. The largest absolute Gasteiger partial charge is 0.418 e. The van der Waals surface area contributed by atoms with Crippen molar-refractivity contribution in [3.63, 3.8) is 0 Å². The van der Waals surface area contributed by atoms with Crippen LogP contribution in [0.5, 0.6) is 0 Å². The Morgan fingerprint density at radius 2 is 1.92 bits per heavy atom. The molecule has 4 rings (SSSR count). The first kappa shape index (κ1) is 15.6. The van der Waals surface area contributed by atoms with Crippen LogP contribution in [0.4, 0.5) is 13.2 Å². The lowest BCUT2D eigenvalue weighted by Crippen LogP contribution is -2.08. The third-order valence-corrected chi connectivity index (χ3v) is 4.44. The van der Waals surface area contributed by atoms with E-state index < -0.39 is 11.7 Å². The molecule has 4 nitrogen and oxygen atoms in total. The molecule has 3 aromatic rings. The zero-order valence-electron chi connectivity index (χ0n) is 12.5.